The van der Waals surface area contributed by atoms with Crippen molar-refractivity contribution in [3.63, 3.8) is 0 Å². The maximum absolute atomic E-state index is 11.9. The Labute approximate surface area is 114 Å². The second-order valence-electron chi connectivity index (χ2n) is 4.42. The Morgan fingerprint density at radius 1 is 1.39 bits per heavy atom. The first-order chi connectivity index (χ1) is 8.56. The predicted molar refractivity (Wildman–Crippen MR) is 79.2 cm³/mol. The van der Waals surface area contributed by atoms with Crippen molar-refractivity contribution in [1.82, 2.24) is 5.32 Å². The van der Waals surface area contributed by atoms with Gasteiger partial charge in [0.2, 0.25) is 5.91 Å². The SMILES string of the molecule is CCC(C)NC(=O)C(C)Nc1cccc(SC)c1. The molecule has 0 bridgehead atoms. The molecule has 0 aliphatic carbocycles. The topological polar surface area (TPSA) is 41.1 Å². The van der Waals surface area contributed by atoms with E-state index in [1.807, 2.05) is 32.2 Å². The summed E-state index contributed by atoms with van der Waals surface area (Å²) in [7, 11) is 0. The van der Waals surface area contributed by atoms with Crippen molar-refractivity contribution in [3.8, 4) is 0 Å². The molecule has 1 aromatic rings. The molecular weight excluding hydrogens is 244 g/mol. The molecule has 100 valence electrons. The van der Waals surface area contributed by atoms with Crippen molar-refractivity contribution in [3.05, 3.63) is 24.3 Å². The maximum atomic E-state index is 11.9. The van der Waals surface area contributed by atoms with Gasteiger partial charge in [0.1, 0.15) is 6.04 Å². The van der Waals surface area contributed by atoms with Crippen molar-refractivity contribution in [2.24, 2.45) is 0 Å². The van der Waals surface area contributed by atoms with E-state index in [-0.39, 0.29) is 18.0 Å². The molecule has 0 aromatic heterocycles. The largest absolute Gasteiger partial charge is 0.374 e. The zero-order valence-electron chi connectivity index (χ0n) is 11.5. The summed E-state index contributed by atoms with van der Waals surface area (Å²) in [6, 6.07) is 8.08. The number of amides is 1. The van der Waals surface area contributed by atoms with Gasteiger partial charge in [-0.15, -0.1) is 11.8 Å². The van der Waals surface area contributed by atoms with Crippen LogP contribution in [0.5, 0.6) is 0 Å². The number of thioether (sulfide) groups is 1. The van der Waals surface area contributed by atoms with Gasteiger partial charge in [-0.05, 0) is 44.7 Å². The summed E-state index contributed by atoms with van der Waals surface area (Å²) in [5, 5.41) is 6.19. The van der Waals surface area contributed by atoms with Gasteiger partial charge < -0.3 is 10.6 Å². The number of benzene rings is 1. The number of hydrogen-bond donors (Lipinski definition) is 2. The molecule has 0 fully saturated rings. The quantitative estimate of drug-likeness (QED) is 0.777. The first-order valence-corrected chi connectivity index (χ1v) is 7.50. The third-order valence-electron chi connectivity index (χ3n) is 2.85. The molecule has 1 amide bonds. The lowest BCUT2D eigenvalue weighted by atomic mass is 10.2. The highest BCUT2D eigenvalue weighted by Gasteiger charge is 2.14. The summed E-state index contributed by atoms with van der Waals surface area (Å²) < 4.78 is 0. The molecule has 2 N–H and O–H groups in total. The van der Waals surface area contributed by atoms with E-state index in [9.17, 15) is 4.79 Å². The zero-order valence-corrected chi connectivity index (χ0v) is 12.3. The van der Waals surface area contributed by atoms with Crippen molar-refractivity contribution in [2.45, 2.75) is 44.2 Å². The smallest absolute Gasteiger partial charge is 0.242 e. The van der Waals surface area contributed by atoms with Crippen molar-refractivity contribution in [2.75, 3.05) is 11.6 Å². The standard InChI is InChI=1S/C14H22N2OS/c1-5-10(2)15-14(17)11(3)16-12-7-6-8-13(9-12)18-4/h6-11,16H,5H2,1-4H3,(H,15,17). The van der Waals surface area contributed by atoms with Gasteiger partial charge in [0.15, 0.2) is 0 Å². The minimum Gasteiger partial charge on any atom is -0.374 e. The normalized spacial score (nSPS) is 13.8. The first kappa shape index (κ1) is 14.9. The molecule has 4 heteroatoms. The van der Waals surface area contributed by atoms with Gasteiger partial charge in [-0.2, -0.15) is 0 Å². The van der Waals surface area contributed by atoms with Gasteiger partial charge in [0.05, 0.1) is 0 Å². The Balaban J connectivity index is 2.57. The minimum absolute atomic E-state index is 0.0407. The minimum atomic E-state index is -0.226. The molecular formula is C14H22N2OS. The second-order valence-corrected chi connectivity index (χ2v) is 5.30. The van der Waals surface area contributed by atoms with Crippen LogP contribution in [0.15, 0.2) is 29.2 Å². The van der Waals surface area contributed by atoms with Crippen LogP contribution in [-0.4, -0.2) is 24.2 Å². The first-order valence-electron chi connectivity index (χ1n) is 6.27. The molecule has 0 heterocycles. The van der Waals surface area contributed by atoms with E-state index in [0.717, 1.165) is 12.1 Å². The molecule has 0 saturated carbocycles. The molecule has 0 aliphatic heterocycles. The van der Waals surface area contributed by atoms with Crippen LogP contribution in [-0.2, 0) is 4.79 Å². The highest BCUT2D eigenvalue weighted by molar-refractivity contribution is 7.98. The molecule has 0 saturated heterocycles. The Bertz CT molecular complexity index is 395. The number of nitrogens with one attached hydrogen (secondary N) is 2. The highest BCUT2D eigenvalue weighted by Crippen LogP contribution is 2.19. The van der Waals surface area contributed by atoms with Crippen LogP contribution in [0.25, 0.3) is 0 Å². The lowest BCUT2D eigenvalue weighted by Gasteiger charge is -2.18. The van der Waals surface area contributed by atoms with Crippen LogP contribution in [0.3, 0.4) is 0 Å². The maximum Gasteiger partial charge on any atom is 0.242 e. The van der Waals surface area contributed by atoms with Gasteiger partial charge in [-0.1, -0.05) is 13.0 Å². The highest BCUT2D eigenvalue weighted by atomic mass is 32.2. The predicted octanol–water partition coefficient (Wildman–Crippen LogP) is 3.12. The fraction of sp³-hybridized carbons (Fsp3) is 0.500. The number of anilines is 1. The van der Waals surface area contributed by atoms with Crippen molar-refractivity contribution >= 4 is 23.4 Å². The fourth-order valence-electron chi connectivity index (χ4n) is 1.50. The van der Waals surface area contributed by atoms with Gasteiger partial charge in [-0.3, -0.25) is 4.79 Å². The molecule has 3 nitrogen and oxygen atoms in total. The molecule has 18 heavy (non-hydrogen) atoms. The number of carbonyl (C=O) groups is 1. The lowest BCUT2D eigenvalue weighted by molar-refractivity contribution is -0.122. The number of rotatable bonds is 6. The van der Waals surface area contributed by atoms with Crippen LogP contribution in [0, 0.1) is 0 Å². The lowest BCUT2D eigenvalue weighted by Crippen LogP contribution is -2.41. The number of carbonyl (C=O) groups excluding carboxylic acids is 1. The average molecular weight is 266 g/mol. The van der Waals surface area contributed by atoms with Gasteiger partial charge in [0.25, 0.3) is 0 Å². The van der Waals surface area contributed by atoms with E-state index in [1.54, 1.807) is 11.8 Å². The van der Waals surface area contributed by atoms with E-state index >= 15 is 0 Å². The molecule has 1 aromatic carbocycles. The summed E-state index contributed by atoms with van der Waals surface area (Å²) in [5.74, 6) is 0.0407. The van der Waals surface area contributed by atoms with Gasteiger partial charge >= 0.3 is 0 Å². The van der Waals surface area contributed by atoms with E-state index in [4.69, 9.17) is 0 Å². The summed E-state index contributed by atoms with van der Waals surface area (Å²) in [5.41, 5.74) is 0.980. The van der Waals surface area contributed by atoms with E-state index < -0.39 is 0 Å². The Hall–Kier alpha value is -1.16. The second kappa shape index (κ2) is 7.31. The third kappa shape index (κ3) is 4.61. The van der Waals surface area contributed by atoms with Crippen LogP contribution < -0.4 is 10.6 Å². The van der Waals surface area contributed by atoms with Gasteiger partial charge in [0, 0.05) is 16.6 Å². The molecule has 1 rings (SSSR count). The van der Waals surface area contributed by atoms with Crippen LogP contribution in [0.1, 0.15) is 27.2 Å². The van der Waals surface area contributed by atoms with Gasteiger partial charge in [-0.25, -0.2) is 0 Å². The third-order valence-corrected chi connectivity index (χ3v) is 3.57. The Morgan fingerprint density at radius 2 is 2.11 bits per heavy atom. The zero-order chi connectivity index (χ0) is 13.5. The molecule has 2 atom stereocenters. The van der Waals surface area contributed by atoms with Crippen LogP contribution in [0.2, 0.25) is 0 Å². The fourth-order valence-corrected chi connectivity index (χ4v) is 1.96. The number of hydrogen-bond acceptors (Lipinski definition) is 3. The van der Waals surface area contributed by atoms with E-state index in [1.165, 1.54) is 4.90 Å². The summed E-state index contributed by atoms with van der Waals surface area (Å²) >= 11 is 1.69. The summed E-state index contributed by atoms with van der Waals surface area (Å²) in [6.07, 6.45) is 2.98. The van der Waals surface area contributed by atoms with Crippen molar-refractivity contribution in [1.29, 1.82) is 0 Å². The summed E-state index contributed by atoms with van der Waals surface area (Å²) in [6.45, 7) is 5.95. The Morgan fingerprint density at radius 3 is 2.72 bits per heavy atom. The molecule has 2 unspecified atom stereocenters. The molecule has 0 aliphatic rings. The molecule has 0 spiro atoms. The summed E-state index contributed by atoms with van der Waals surface area (Å²) in [4.78, 5) is 13.1. The van der Waals surface area contributed by atoms with Crippen LogP contribution in [0.4, 0.5) is 5.69 Å². The average Bonchev–Trinajstić information content (AvgIpc) is 2.38. The molecule has 0 radical (unpaired) electrons. The van der Waals surface area contributed by atoms with E-state index in [0.29, 0.717) is 0 Å². The van der Waals surface area contributed by atoms with Crippen molar-refractivity contribution < 1.29 is 4.79 Å². The monoisotopic (exact) mass is 266 g/mol. The van der Waals surface area contributed by atoms with Crippen LogP contribution >= 0.6 is 11.8 Å². The Kier molecular flexibility index (Phi) is 6.05. The van der Waals surface area contributed by atoms with E-state index in [2.05, 4.69) is 29.7 Å².